The third-order valence-corrected chi connectivity index (χ3v) is 6.49. The fourth-order valence-corrected chi connectivity index (χ4v) is 4.80. The van der Waals surface area contributed by atoms with Crippen LogP contribution < -0.4 is 4.74 Å². The van der Waals surface area contributed by atoms with E-state index in [1.54, 1.807) is 30.2 Å². The van der Waals surface area contributed by atoms with Gasteiger partial charge < -0.3 is 14.5 Å². The minimum Gasteiger partial charge on any atom is -0.496 e. The molecule has 0 aliphatic carbocycles. The van der Waals surface area contributed by atoms with Gasteiger partial charge in [0.05, 0.1) is 12.6 Å². The van der Waals surface area contributed by atoms with E-state index in [1.165, 1.54) is 0 Å². The lowest BCUT2D eigenvalue weighted by Gasteiger charge is -2.20. The summed E-state index contributed by atoms with van der Waals surface area (Å²) < 4.78 is 5.52. The molecular weight excluding hydrogens is 418 g/mol. The highest BCUT2D eigenvalue weighted by atomic mass is 16.5. The molecule has 2 aliphatic rings. The molecule has 8 heteroatoms. The van der Waals surface area contributed by atoms with Crippen molar-refractivity contribution in [2.45, 2.75) is 0 Å². The molecule has 1 fully saturated rings. The number of carbonyl (C=O) groups is 2. The van der Waals surface area contributed by atoms with E-state index in [1.807, 2.05) is 47.5 Å². The number of ether oxygens (including phenoxy) is 1. The monoisotopic (exact) mass is 439 g/mol. The number of hydrogen-bond acceptors (Lipinski definition) is 5. The zero-order valence-electron chi connectivity index (χ0n) is 18.0. The highest BCUT2D eigenvalue weighted by molar-refractivity contribution is 6.02. The number of rotatable bonds is 3. The average molecular weight is 439 g/mol. The van der Waals surface area contributed by atoms with E-state index >= 15 is 0 Å². The molecule has 3 heterocycles. The van der Waals surface area contributed by atoms with Gasteiger partial charge in [0.2, 0.25) is 0 Å². The lowest BCUT2D eigenvalue weighted by atomic mass is 10.0. The maximum atomic E-state index is 13.3. The molecule has 3 aromatic carbocycles. The van der Waals surface area contributed by atoms with Crippen LogP contribution in [0.5, 0.6) is 5.75 Å². The van der Waals surface area contributed by atoms with Crippen LogP contribution in [0, 0.1) is 5.92 Å². The van der Waals surface area contributed by atoms with Gasteiger partial charge in [-0.1, -0.05) is 29.5 Å². The van der Waals surface area contributed by atoms with Crippen LogP contribution in [0.2, 0.25) is 0 Å². The summed E-state index contributed by atoms with van der Waals surface area (Å²) in [4.78, 5) is 29.9. The van der Waals surface area contributed by atoms with Crippen molar-refractivity contribution in [2.75, 3.05) is 26.7 Å². The summed E-state index contributed by atoms with van der Waals surface area (Å²) >= 11 is 0. The molecule has 0 saturated carbocycles. The minimum absolute atomic E-state index is 0.0349. The van der Waals surface area contributed by atoms with Crippen molar-refractivity contribution in [3.8, 4) is 5.75 Å². The quantitative estimate of drug-likeness (QED) is 0.529. The first-order chi connectivity index (χ1) is 16.1. The first-order valence-electron chi connectivity index (χ1n) is 10.8. The summed E-state index contributed by atoms with van der Waals surface area (Å²) in [5, 5.41) is 12.5. The predicted molar refractivity (Wildman–Crippen MR) is 123 cm³/mol. The maximum absolute atomic E-state index is 13.3. The minimum atomic E-state index is -0.0599. The Labute approximate surface area is 189 Å². The predicted octanol–water partition coefficient (Wildman–Crippen LogP) is 3.23. The van der Waals surface area contributed by atoms with Gasteiger partial charge in [-0.15, -0.1) is 5.10 Å². The van der Waals surface area contributed by atoms with Gasteiger partial charge in [0.15, 0.2) is 0 Å². The molecule has 2 amide bonds. The van der Waals surface area contributed by atoms with Gasteiger partial charge in [-0.3, -0.25) is 14.7 Å². The third kappa shape index (κ3) is 3.22. The Morgan fingerprint density at radius 1 is 1.03 bits per heavy atom. The van der Waals surface area contributed by atoms with Gasteiger partial charge in [-0.25, -0.2) is 0 Å². The molecule has 164 valence electrons. The zero-order chi connectivity index (χ0) is 22.5. The van der Waals surface area contributed by atoms with Crippen molar-refractivity contribution in [3.63, 3.8) is 0 Å². The Hall–Kier alpha value is -4.20. The molecule has 4 aromatic rings. The Morgan fingerprint density at radius 3 is 2.76 bits per heavy atom. The summed E-state index contributed by atoms with van der Waals surface area (Å²) in [6.07, 6.45) is 1.91. The molecule has 33 heavy (non-hydrogen) atoms. The van der Waals surface area contributed by atoms with Crippen molar-refractivity contribution in [1.82, 2.24) is 25.2 Å². The normalized spacial score (nSPS) is 17.5. The van der Waals surface area contributed by atoms with Gasteiger partial charge in [0.25, 0.3) is 11.8 Å². The van der Waals surface area contributed by atoms with Crippen molar-refractivity contribution in [2.24, 2.45) is 5.92 Å². The molecule has 1 saturated heterocycles. The molecule has 0 bridgehead atoms. The van der Waals surface area contributed by atoms with Gasteiger partial charge >= 0.3 is 0 Å². The topological polar surface area (TPSA) is 91.4 Å². The Balaban J connectivity index is 1.21. The highest BCUT2D eigenvalue weighted by Gasteiger charge is 2.37. The van der Waals surface area contributed by atoms with Crippen molar-refractivity contribution in [3.05, 3.63) is 77.5 Å². The first-order valence-corrected chi connectivity index (χ1v) is 10.8. The second kappa shape index (κ2) is 7.44. The molecule has 0 spiro atoms. The second-order valence-electron chi connectivity index (χ2n) is 8.49. The van der Waals surface area contributed by atoms with Crippen LogP contribution in [0.3, 0.4) is 0 Å². The fourth-order valence-electron chi connectivity index (χ4n) is 4.80. The van der Waals surface area contributed by atoms with Crippen molar-refractivity contribution >= 4 is 33.6 Å². The highest BCUT2D eigenvalue weighted by Crippen LogP contribution is 2.33. The lowest BCUT2D eigenvalue weighted by molar-refractivity contribution is 0.0774. The molecule has 1 aromatic heterocycles. The Kier molecular flexibility index (Phi) is 4.39. The maximum Gasteiger partial charge on any atom is 0.257 e. The fraction of sp³-hybridized carbons (Fsp3) is 0.200. The van der Waals surface area contributed by atoms with Crippen LogP contribution in [0.25, 0.3) is 21.8 Å². The summed E-state index contributed by atoms with van der Waals surface area (Å²) in [7, 11) is 1.62. The number of fused-ring (bicyclic) bond motifs is 3. The van der Waals surface area contributed by atoms with E-state index in [9.17, 15) is 9.59 Å². The van der Waals surface area contributed by atoms with Gasteiger partial charge in [-0.2, -0.15) is 0 Å². The summed E-state index contributed by atoms with van der Waals surface area (Å²) in [5.74, 6) is 0.739. The van der Waals surface area contributed by atoms with E-state index in [2.05, 4.69) is 15.4 Å². The number of likely N-dealkylation sites (tertiary alicyclic amines) is 1. The van der Waals surface area contributed by atoms with Crippen LogP contribution in [-0.4, -0.2) is 63.8 Å². The van der Waals surface area contributed by atoms with Crippen molar-refractivity contribution in [1.29, 1.82) is 0 Å². The smallest absolute Gasteiger partial charge is 0.257 e. The van der Waals surface area contributed by atoms with E-state index in [0.717, 1.165) is 21.9 Å². The molecule has 8 nitrogen and oxygen atoms in total. The van der Waals surface area contributed by atoms with Crippen LogP contribution in [-0.2, 0) is 0 Å². The third-order valence-electron chi connectivity index (χ3n) is 6.49. The summed E-state index contributed by atoms with van der Waals surface area (Å²) in [5.41, 5.74) is 3.76. The number of aromatic amines is 1. The number of amides is 2. The molecular formula is C25H21N5O3. The number of carbonyl (C=O) groups excluding carboxylic acids is 2. The number of hydrogen-bond donors (Lipinski definition) is 1. The molecule has 0 radical (unpaired) electrons. The Bertz CT molecular complexity index is 1460. The molecule has 1 atom stereocenters. The van der Waals surface area contributed by atoms with Crippen LogP contribution >= 0.6 is 0 Å². The summed E-state index contributed by atoms with van der Waals surface area (Å²) in [6, 6.07) is 16.9. The average Bonchev–Trinajstić information content (AvgIpc) is 3.56. The number of methoxy groups -OCH3 is 1. The zero-order valence-corrected chi connectivity index (χ0v) is 18.0. The number of aromatic nitrogens is 3. The van der Waals surface area contributed by atoms with E-state index in [4.69, 9.17) is 4.74 Å². The van der Waals surface area contributed by atoms with E-state index < -0.39 is 0 Å². The number of nitrogens with zero attached hydrogens (tertiary/aromatic N) is 4. The number of benzene rings is 3. The largest absolute Gasteiger partial charge is 0.496 e. The SMILES string of the molecule is COc1cc(C(=O)N2C=C3CN(C(=O)c4ccc5[nH]nnc5c4)C[C@H]3C2)cc2ccccc12. The van der Waals surface area contributed by atoms with Gasteiger partial charge in [0.1, 0.15) is 11.3 Å². The molecule has 6 rings (SSSR count). The molecule has 0 unspecified atom stereocenters. The molecule has 1 N–H and O–H groups in total. The number of nitrogens with one attached hydrogen (secondary N) is 1. The van der Waals surface area contributed by atoms with Crippen LogP contribution in [0.4, 0.5) is 0 Å². The summed E-state index contributed by atoms with van der Waals surface area (Å²) in [6.45, 7) is 1.67. The van der Waals surface area contributed by atoms with Crippen LogP contribution in [0.1, 0.15) is 20.7 Å². The molecule has 2 aliphatic heterocycles. The van der Waals surface area contributed by atoms with Crippen LogP contribution in [0.15, 0.2) is 66.4 Å². The van der Waals surface area contributed by atoms with E-state index in [0.29, 0.717) is 42.0 Å². The first kappa shape index (κ1) is 19.5. The number of H-pyrrole nitrogens is 1. The lowest BCUT2D eigenvalue weighted by Crippen LogP contribution is -2.33. The van der Waals surface area contributed by atoms with E-state index in [-0.39, 0.29) is 17.7 Å². The second-order valence-corrected chi connectivity index (χ2v) is 8.49. The Morgan fingerprint density at radius 2 is 1.91 bits per heavy atom. The van der Waals surface area contributed by atoms with Crippen molar-refractivity contribution < 1.29 is 14.3 Å². The standard InChI is InChI=1S/C25H21N5O3/c1-33-23-10-17(8-15-4-2-3-5-20(15)23)25(32)30-13-18-11-29(12-19(18)14-30)24(31)16-6-7-21-22(9-16)27-28-26-21/h2-10,13,19H,11-12,14H2,1H3,(H,26,27,28)/t19-/m0/s1. The van der Waals surface area contributed by atoms with Gasteiger partial charge in [0, 0.05) is 48.3 Å². The van der Waals surface area contributed by atoms with Gasteiger partial charge in [-0.05, 0) is 41.3 Å².